The Morgan fingerprint density at radius 3 is 3.06 bits per heavy atom. The van der Waals surface area contributed by atoms with Crippen molar-refractivity contribution in [3.8, 4) is 17.7 Å². The summed E-state index contributed by atoms with van der Waals surface area (Å²) in [5, 5.41) is 0. The Balaban J connectivity index is 2.09. The third-order valence-electron chi connectivity index (χ3n) is 2.73. The van der Waals surface area contributed by atoms with Crippen molar-refractivity contribution >= 4 is 5.57 Å². The molecule has 0 radical (unpaired) electrons. The molecule has 1 heterocycles. The van der Waals surface area contributed by atoms with Crippen molar-refractivity contribution in [1.29, 1.82) is 0 Å². The molecule has 0 aliphatic heterocycles. The molecule has 1 aliphatic carbocycles. The molecule has 1 aromatic rings. The van der Waals surface area contributed by atoms with Gasteiger partial charge in [0.25, 0.3) is 0 Å². The van der Waals surface area contributed by atoms with Gasteiger partial charge in [0, 0.05) is 6.07 Å². The molecule has 0 unspecified atom stereocenters. The molecule has 0 saturated heterocycles. The second-order valence-corrected chi connectivity index (χ2v) is 3.93. The van der Waals surface area contributed by atoms with E-state index < -0.39 is 0 Å². The predicted molar refractivity (Wildman–Crippen MR) is 67.4 cm³/mol. The number of aromatic nitrogens is 2. The molecule has 1 aliphatic rings. The van der Waals surface area contributed by atoms with E-state index in [-0.39, 0.29) is 0 Å². The van der Waals surface area contributed by atoms with Gasteiger partial charge in [-0.2, -0.15) is 0 Å². The number of nitrogens with zero attached hydrogens (tertiary/aromatic N) is 2. The van der Waals surface area contributed by atoms with Crippen LogP contribution in [0.3, 0.4) is 0 Å². The van der Waals surface area contributed by atoms with Gasteiger partial charge in [0.05, 0.1) is 5.69 Å². The normalized spacial score (nSPS) is 14.5. The summed E-state index contributed by atoms with van der Waals surface area (Å²) in [7, 11) is 0. The van der Waals surface area contributed by atoms with E-state index in [1.165, 1.54) is 18.4 Å². The van der Waals surface area contributed by atoms with Crippen molar-refractivity contribution in [3.63, 3.8) is 0 Å². The van der Waals surface area contributed by atoms with Crippen LogP contribution in [0.2, 0.25) is 0 Å². The lowest BCUT2D eigenvalue weighted by atomic mass is 9.97. The molecule has 3 nitrogen and oxygen atoms in total. The fourth-order valence-corrected chi connectivity index (χ4v) is 1.85. The van der Waals surface area contributed by atoms with Crippen LogP contribution in [0.4, 0.5) is 0 Å². The number of hydrogen-bond donors (Lipinski definition) is 0. The van der Waals surface area contributed by atoms with Gasteiger partial charge >= 0.3 is 0 Å². The van der Waals surface area contributed by atoms with Crippen molar-refractivity contribution in [1.82, 2.24) is 9.97 Å². The van der Waals surface area contributed by atoms with Gasteiger partial charge in [-0.3, -0.25) is 0 Å². The lowest BCUT2D eigenvalue weighted by Gasteiger charge is -2.12. The Hall–Kier alpha value is -1.82. The molecular formula is C14H16N2O. The van der Waals surface area contributed by atoms with Crippen molar-refractivity contribution in [2.75, 3.05) is 6.61 Å². The van der Waals surface area contributed by atoms with E-state index in [2.05, 4.69) is 27.9 Å². The lowest BCUT2D eigenvalue weighted by molar-refractivity contribution is 0.354. The SMILES string of the molecule is CC#CCOc1cc(C2=CCCCC2)ncn1. The van der Waals surface area contributed by atoms with E-state index in [9.17, 15) is 0 Å². The molecule has 17 heavy (non-hydrogen) atoms. The summed E-state index contributed by atoms with van der Waals surface area (Å²) in [6, 6.07) is 1.90. The van der Waals surface area contributed by atoms with Crippen LogP contribution in [0.25, 0.3) is 5.57 Å². The van der Waals surface area contributed by atoms with E-state index in [1.54, 1.807) is 13.3 Å². The van der Waals surface area contributed by atoms with E-state index in [1.807, 2.05) is 6.07 Å². The standard InChI is InChI=1S/C14H16N2O/c1-2-3-9-17-14-10-13(15-11-16-14)12-7-5-4-6-8-12/h7,10-11H,4-6,8-9H2,1H3. The number of rotatable bonds is 3. The Morgan fingerprint density at radius 2 is 2.29 bits per heavy atom. The second-order valence-electron chi connectivity index (χ2n) is 3.93. The maximum absolute atomic E-state index is 5.43. The molecule has 0 aromatic carbocycles. The van der Waals surface area contributed by atoms with Crippen molar-refractivity contribution < 1.29 is 4.74 Å². The summed E-state index contributed by atoms with van der Waals surface area (Å²) in [4.78, 5) is 8.37. The van der Waals surface area contributed by atoms with Gasteiger partial charge < -0.3 is 4.74 Å². The maximum atomic E-state index is 5.43. The van der Waals surface area contributed by atoms with Crippen LogP contribution in [0, 0.1) is 11.8 Å². The molecule has 0 bridgehead atoms. The first kappa shape index (κ1) is 11.7. The average molecular weight is 228 g/mol. The summed E-state index contributed by atoms with van der Waals surface area (Å²) < 4.78 is 5.43. The van der Waals surface area contributed by atoms with Gasteiger partial charge in [-0.05, 0) is 38.2 Å². The van der Waals surface area contributed by atoms with Crippen molar-refractivity contribution in [2.45, 2.75) is 32.6 Å². The van der Waals surface area contributed by atoms with Crippen LogP contribution in [0.1, 0.15) is 38.3 Å². The first-order valence-corrected chi connectivity index (χ1v) is 5.94. The van der Waals surface area contributed by atoms with Gasteiger partial charge in [0.1, 0.15) is 6.33 Å². The highest BCUT2D eigenvalue weighted by Crippen LogP contribution is 2.26. The zero-order valence-corrected chi connectivity index (χ0v) is 10.1. The van der Waals surface area contributed by atoms with Gasteiger partial charge in [-0.1, -0.05) is 12.0 Å². The predicted octanol–water partition coefficient (Wildman–Crippen LogP) is 2.84. The molecule has 2 rings (SSSR count). The van der Waals surface area contributed by atoms with Gasteiger partial charge in [-0.25, -0.2) is 9.97 Å². The molecular weight excluding hydrogens is 212 g/mol. The quantitative estimate of drug-likeness (QED) is 0.746. The summed E-state index contributed by atoms with van der Waals surface area (Å²) in [6.07, 6.45) is 8.60. The molecule has 3 heteroatoms. The average Bonchev–Trinajstić information content (AvgIpc) is 2.41. The van der Waals surface area contributed by atoms with Gasteiger partial charge in [0.15, 0.2) is 6.61 Å². The number of ether oxygens (including phenoxy) is 1. The van der Waals surface area contributed by atoms with Crippen LogP contribution < -0.4 is 4.74 Å². The zero-order valence-electron chi connectivity index (χ0n) is 10.1. The first-order valence-electron chi connectivity index (χ1n) is 5.94. The number of allylic oxidation sites excluding steroid dienone is 2. The van der Waals surface area contributed by atoms with E-state index >= 15 is 0 Å². The van der Waals surface area contributed by atoms with Crippen LogP contribution in [0.5, 0.6) is 5.88 Å². The molecule has 0 saturated carbocycles. The largest absolute Gasteiger partial charge is 0.464 e. The monoisotopic (exact) mass is 228 g/mol. The Bertz CT molecular complexity index is 469. The summed E-state index contributed by atoms with van der Waals surface area (Å²) in [5.41, 5.74) is 2.30. The zero-order chi connectivity index (χ0) is 11.9. The highest BCUT2D eigenvalue weighted by molar-refractivity contribution is 5.63. The highest BCUT2D eigenvalue weighted by Gasteiger charge is 2.08. The van der Waals surface area contributed by atoms with E-state index in [4.69, 9.17) is 4.74 Å². The molecule has 0 fully saturated rings. The Morgan fingerprint density at radius 1 is 1.35 bits per heavy atom. The minimum Gasteiger partial charge on any atom is -0.464 e. The molecule has 0 amide bonds. The van der Waals surface area contributed by atoms with Crippen molar-refractivity contribution in [2.24, 2.45) is 0 Å². The summed E-state index contributed by atoms with van der Waals surface area (Å²) >= 11 is 0. The Labute approximate surface area is 102 Å². The fraction of sp³-hybridized carbons (Fsp3) is 0.429. The minimum absolute atomic E-state index is 0.381. The van der Waals surface area contributed by atoms with Crippen LogP contribution in [-0.2, 0) is 0 Å². The second kappa shape index (κ2) is 6.05. The lowest BCUT2D eigenvalue weighted by Crippen LogP contribution is -2.00. The smallest absolute Gasteiger partial charge is 0.217 e. The Kier molecular flexibility index (Phi) is 4.15. The highest BCUT2D eigenvalue weighted by atomic mass is 16.5. The van der Waals surface area contributed by atoms with E-state index in [0.29, 0.717) is 12.5 Å². The molecule has 0 spiro atoms. The van der Waals surface area contributed by atoms with Crippen LogP contribution in [-0.4, -0.2) is 16.6 Å². The first-order chi connectivity index (χ1) is 8.40. The van der Waals surface area contributed by atoms with Gasteiger partial charge in [0.2, 0.25) is 5.88 Å². The molecule has 1 aromatic heterocycles. The third kappa shape index (κ3) is 3.32. The number of hydrogen-bond acceptors (Lipinski definition) is 3. The molecule has 0 atom stereocenters. The molecule has 88 valence electrons. The summed E-state index contributed by atoms with van der Waals surface area (Å²) in [5.74, 6) is 6.24. The maximum Gasteiger partial charge on any atom is 0.217 e. The fourth-order valence-electron chi connectivity index (χ4n) is 1.85. The molecule has 0 N–H and O–H groups in total. The topological polar surface area (TPSA) is 35.0 Å². The van der Waals surface area contributed by atoms with Gasteiger partial charge in [-0.15, -0.1) is 5.92 Å². The van der Waals surface area contributed by atoms with E-state index in [0.717, 1.165) is 18.5 Å². The van der Waals surface area contributed by atoms with Crippen LogP contribution in [0.15, 0.2) is 18.5 Å². The van der Waals surface area contributed by atoms with Crippen LogP contribution >= 0.6 is 0 Å². The van der Waals surface area contributed by atoms with Crippen molar-refractivity contribution in [3.05, 3.63) is 24.2 Å². The summed E-state index contributed by atoms with van der Waals surface area (Å²) in [6.45, 7) is 2.17. The minimum atomic E-state index is 0.381. The third-order valence-corrected chi connectivity index (χ3v) is 2.73.